The zero-order valence-corrected chi connectivity index (χ0v) is 12.8. The molecule has 0 bridgehead atoms. The number of nitrogens with zero attached hydrogens (tertiary/aromatic N) is 1. The van der Waals surface area contributed by atoms with Crippen molar-refractivity contribution in [3.8, 4) is 0 Å². The molecule has 1 aliphatic rings. The molecular weight excluding hydrogens is 270 g/mol. The van der Waals surface area contributed by atoms with E-state index in [0.717, 1.165) is 0 Å². The maximum Gasteiger partial charge on any atom is 0.410 e. The van der Waals surface area contributed by atoms with Gasteiger partial charge < -0.3 is 19.8 Å². The van der Waals surface area contributed by atoms with Crippen molar-refractivity contribution >= 4 is 6.09 Å². The van der Waals surface area contributed by atoms with Gasteiger partial charge in [-0.3, -0.25) is 0 Å². The zero-order chi connectivity index (χ0) is 15.7. The highest BCUT2D eigenvalue weighted by Crippen LogP contribution is 2.34. The second-order valence-corrected chi connectivity index (χ2v) is 6.50. The number of ether oxygens (including phenoxy) is 1. The fraction of sp³-hybridized carbons (Fsp3) is 0.562. The number of rotatable bonds is 2. The molecular formula is C16H23NO4. The van der Waals surface area contributed by atoms with E-state index in [2.05, 4.69) is 0 Å². The van der Waals surface area contributed by atoms with Crippen LogP contribution in [-0.2, 0) is 16.9 Å². The molecule has 5 nitrogen and oxygen atoms in total. The Morgan fingerprint density at radius 1 is 1.38 bits per heavy atom. The predicted molar refractivity (Wildman–Crippen MR) is 78.7 cm³/mol. The molecule has 1 aliphatic heterocycles. The van der Waals surface area contributed by atoms with E-state index < -0.39 is 17.3 Å². The normalized spacial score (nSPS) is 22.4. The fourth-order valence-corrected chi connectivity index (χ4v) is 2.61. The zero-order valence-electron chi connectivity index (χ0n) is 12.8. The van der Waals surface area contributed by atoms with E-state index in [1.54, 1.807) is 12.1 Å². The average molecular weight is 293 g/mol. The number of aliphatic hydroxyl groups excluding tert-OH is 1. The Labute approximate surface area is 125 Å². The van der Waals surface area contributed by atoms with Crippen LogP contribution >= 0.6 is 0 Å². The number of amides is 1. The van der Waals surface area contributed by atoms with Crippen molar-refractivity contribution < 1.29 is 19.7 Å². The third kappa shape index (κ3) is 3.54. The summed E-state index contributed by atoms with van der Waals surface area (Å²) in [6, 6.07) is 7.22. The highest BCUT2D eigenvalue weighted by atomic mass is 16.6. The maximum atomic E-state index is 12.1. The lowest BCUT2D eigenvalue weighted by Gasteiger charge is -2.27. The summed E-state index contributed by atoms with van der Waals surface area (Å²) in [6.45, 7) is 5.92. The minimum Gasteiger partial charge on any atom is -0.444 e. The Kier molecular flexibility index (Phi) is 4.25. The van der Waals surface area contributed by atoms with Gasteiger partial charge in [0.05, 0.1) is 13.2 Å². The van der Waals surface area contributed by atoms with Crippen molar-refractivity contribution in [3.05, 3.63) is 35.4 Å². The predicted octanol–water partition coefficient (Wildman–Crippen LogP) is 2.01. The number of carbonyl (C=O) groups excluding carboxylic acids is 1. The van der Waals surface area contributed by atoms with Crippen LogP contribution in [0.25, 0.3) is 0 Å². The van der Waals surface area contributed by atoms with Gasteiger partial charge >= 0.3 is 6.09 Å². The van der Waals surface area contributed by atoms with Crippen LogP contribution in [0.1, 0.15) is 38.3 Å². The van der Waals surface area contributed by atoms with Crippen molar-refractivity contribution in [2.24, 2.45) is 0 Å². The van der Waals surface area contributed by atoms with Gasteiger partial charge in [-0.2, -0.15) is 0 Å². The minimum absolute atomic E-state index is 0.134. The first-order chi connectivity index (χ1) is 9.75. The Hall–Kier alpha value is -1.59. The highest BCUT2D eigenvalue weighted by molar-refractivity contribution is 5.68. The first kappa shape index (κ1) is 15.8. The molecule has 2 rings (SSSR count). The quantitative estimate of drug-likeness (QED) is 0.875. The molecule has 1 aromatic carbocycles. The molecule has 1 saturated heterocycles. The van der Waals surface area contributed by atoms with Crippen molar-refractivity contribution in [2.75, 3.05) is 13.1 Å². The van der Waals surface area contributed by atoms with Crippen LogP contribution in [0, 0.1) is 0 Å². The standard InChI is InChI=1S/C16H23NO4/c1-15(2,3)21-14(19)17-9-8-16(20,11-17)13-7-5-4-6-12(13)10-18/h4-7,18,20H,8-11H2,1-3H3/t16-/m1/s1. The van der Waals surface area contributed by atoms with E-state index in [0.29, 0.717) is 24.1 Å². The molecule has 0 saturated carbocycles. The van der Waals surface area contributed by atoms with E-state index in [1.165, 1.54) is 4.90 Å². The van der Waals surface area contributed by atoms with Crippen LogP contribution in [0.5, 0.6) is 0 Å². The van der Waals surface area contributed by atoms with Gasteiger partial charge in [-0.1, -0.05) is 24.3 Å². The number of hydrogen-bond donors (Lipinski definition) is 2. The molecule has 1 fully saturated rings. The molecule has 1 atom stereocenters. The average Bonchev–Trinajstić information content (AvgIpc) is 2.81. The fourth-order valence-electron chi connectivity index (χ4n) is 2.61. The molecule has 2 N–H and O–H groups in total. The van der Waals surface area contributed by atoms with Gasteiger partial charge in [0, 0.05) is 6.54 Å². The third-order valence-corrected chi connectivity index (χ3v) is 3.59. The molecule has 0 spiro atoms. The van der Waals surface area contributed by atoms with Gasteiger partial charge in [0.2, 0.25) is 0 Å². The molecule has 5 heteroatoms. The number of β-amino-alcohol motifs (C(OH)–C–C–N with tert-alkyl or cyclic N) is 1. The first-order valence-corrected chi connectivity index (χ1v) is 7.15. The number of benzene rings is 1. The summed E-state index contributed by atoms with van der Waals surface area (Å²) in [5.41, 5.74) is -0.318. The summed E-state index contributed by atoms with van der Waals surface area (Å²) in [6.07, 6.45) is 0.0170. The molecule has 116 valence electrons. The van der Waals surface area contributed by atoms with Crippen molar-refractivity contribution in [1.29, 1.82) is 0 Å². The lowest BCUT2D eigenvalue weighted by molar-refractivity contribution is 0.0134. The van der Waals surface area contributed by atoms with Crippen molar-refractivity contribution in [3.63, 3.8) is 0 Å². The molecule has 1 heterocycles. The van der Waals surface area contributed by atoms with Crippen LogP contribution in [-0.4, -0.2) is 39.9 Å². The van der Waals surface area contributed by atoms with Gasteiger partial charge in [0.1, 0.15) is 11.2 Å². The Balaban J connectivity index is 2.15. The molecule has 0 aliphatic carbocycles. The van der Waals surface area contributed by atoms with E-state index in [4.69, 9.17) is 4.74 Å². The van der Waals surface area contributed by atoms with Crippen molar-refractivity contribution in [1.82, 2.24) is 4.90 Å². The topological polar surface area (TPSA) is 70.0 Å². The molecule has 0 aromatic heterocycles. The van der Waals surface area contributed by atoms with E-state index in [1.807, 2.05) is 32.9 Å². The summed E-state index contributed by atoms with van der Waals surface area (Å²) in [5.74, 6) is 0. The number of likely N-dealkylation sites (tertiary alicyclic amines) is 1. The maximum absolute atomic E-state index is 12.1. The monoisotopic (exact) mass is 293 g/mol. The second kappa shape index (κ2) is 5.66. The summed E-state index contributed by atoms with van der Waals surface area (Å²) < 4.78 is 5.33. The van der Waals surface area contributed by atoms with E-state index in [9.17, 15) is 15.0 Å². The van der Waals surface area contributed by atoms with Gasteiger partial charge in [-0.25, -0.2) is 4.79 Å². The van der Waals surface area contributed by atoms with Gasteiger partial charge in [-0.15, -0.1) is 0 Å². The molecule has 1 amide bonds. The van der Waals surface area contributed by atoms with Crippen molar-refractivity contribution in [2.45, 2.75) is 45.0 Å². The number of aliphatic hydroxyl groups is 2. The van der Waals surface area contributed by atoms with Crippen LogP contribution < -0.4 is 0 Å². The summed E-state index contributed by atoms with van der Waals surface area (Å²) in [7, 11) is 0. The summed E-state index contributed by atoms with van der Waals surface area (Å²) in [4.78, 5) is 13.6. The van der Waals surface area contributed by atoms with Crippen LogP contribution in [0.2, 0.25) is 0 Å². The second-order valence-electron chi connectivity index (χ2n) is 6.50. The highest BCUT2D eigenvalue weighted by Gasteiger charge is 2.41. The first-order valence-electron chi connectivity index (χ1n) is 7.15. The lowest BCUT2D eigenvalue weighted by atomic mass is 9.89. The van der Waals surface area contributed by atoms with Gasteiger partial charge in [0.15, 0.2) is 0 Å². The number of carbonyl (C=O) groups is 1. The smallest absolute Gasteiger partial charge is 0.410 e. The molecule has 1 aromatic rings. The Bertz CT molecular complexity index is 523. The molecule has 21 heavy (non-hydrogen) atoms. The summed E-state index contributed by atoms with van der Waals surface area (Å²) in [5, 5.41) is 20.2. The summed E-state index contributed by atoms with van der Waals surface area (Å²) >= 11 is 0. The Morgan fingerprint density at radius 3 is 2.67 bits per heavy atom. The largest absolute Gasteiger partial charge is 0.444 e. The Morgan fingerprint density at radius 2 is 2.05 bits per heavy atom. The molecule has 0 radical (unpaired) electrons. The number of hydrogen-bond acceptors (Lipinski definition) is 4. The lowest BCUT2D eigenvalue weighted by Crippen LogP contribution is -2.38. The van der Waals surface area contributed by atoms with E-state index in [-0.39, 0.29) is 13.2 Å². The van der Waals surface area contributed by atoms with Crippen LogP contribution in [0.3, 0.4) is 0 Å². The van der Waals surface area contributed by atoms with E-state index >= 15 is 0 Å². The third-order valence-electron chi connectivity index (χ3n) is 3.59. The SMILES string of the molecule is CC(C)(C)OC(=O)N1CC[C@](O)(c2ccccc2CO)C1. The van der Waals surface area contributed by atoms with Crippen LogP contribution in [0.15, 0.2) is 24.3 Å². The molecule has 0 unspecified atom stereocenters. The van der Waals surface area contributed by atoms with Gasteiger partial charge in [0.25, 0.3) is 0 Å². The minimum atomic E-state index is -1.13. The van der Waals surface area contributed by atoms with Gasteiger partial charge in [-0.05, 0) is 38.3 Å². The van der Waals surface area contributed by atoms with Crippen LogP contribution in [0.4, 0.5) is 4.79 Å².